The SMILES string of the molecule is COc1cc(F)c(C(=O)N2C[C@@H](C(=O)O)[C@H](c3ccccc3)C2)c(F)c1. The van der Waals surface area contributed by atoms with Crippen LogP contribution in [-0.2, 0) is 4.79 Å². The van der Waals surface area contributed by atoms with E-state index in [1.54, 1.807) is 30.3 Å². The fourth-order valence-electron chi connectivity index (χ4n) is 3.29. The first-order valence-electron chi connectivity index (χ1n) is 8.02. The maximum atomic E-state index is 14.2. The van der Waals surface area contributed by atoms with Crippen LogP contribution in [0.2, 0.25) is 0 Å². The third-order valence-corrected chi connectivity index (χ3v) is 4.62. The Bertz CT molecular complexity index is 818. The number of ether oxygens (including phenoxy) is 1. The van der Waals surface area contributed by atoms with Crippen molar-refractivity contribution in [2.75, 3.05) is 20.2 Å². The molecule has 1 fully saturated rings. The molecule has 0 bridgehead atoms. The molecule has 2 aromatic carbocycles. The topological polar surface area (TPSA) is 66.8 Å². The fraction of sp³-hybridized carbons (Fsp3) is 0.263. The number of aliphatic carboxylic acids is 1. The van der Waals surface area contributed by atoms with Gasteiger partial charge in [0.2, 0.25) is 0 Å². The molecular weight excluding hydrogens is 344 g/mol. The van der Waals surface area contributed by atoms with E-state index in [0.29, 0.717) is 0 Å². The predicted octanol–water partition coefficient (Wildman–Crippen LogP) is 2.91. The lowest BCUT2D eigenvalue weighted by molar-refractivity contribution is -0.141. The Balaban J connectivity index is 1.91. The van der Waals surface area contributed by atoms with Gasteiger partial charge < -0.3 is 14.7 Å². The molecular formula is C19H17F2NO4. The van der Waals surface area contributed by atoms with Crippen LogP contribution in [0.1, 0.15) is 21.8 Å². The number of carboxylic acids is 1. The predicted molar refractivity (Wildman–Crippen MR) is 89.1 cm³/mol. The summed E-state index contributed by atoms with van der Waals surface area (Å²) in [5.41, 5.74) is 0.0644. The van der Waals surface area contributed by atoms with Gasteiger partial charge in [-0.15, -0.1) is 0 Å². The van der Waals surface area contributed by atoms with E-state index in [1.807, 2.05) is 0 Å². The molecule has 7 heteroatoms. The molecule has 1 saturated heterocycles. The lowest BCUT2D eigenvalue weighted by atomic mass is 9.89. The Morgan fingerprint density at radius 1 is 1.12 bits per heavy atom. The molecule has 2 atom stereocenters. The molecule has 136 valence electrons. The molecule has 1 amide bonds. The molecule has 1 aliphatic rings. The molecule has 26 heavy (non-hydrogen) atoms. The van der Waals surface area contributed by atoms with Crippen LogP contribution in [-0.4, -0.2) is 42.1 Å². The summed E-state index contributed by atoms with van der Waals surface area (Å²) in [5, 5.41) is 9.49. The number of hydrogen-bond acceptors (Lipinski definition) is 3. The minimum atomic E-state index is -1.05. The molecule has 0 radical (unpaired) electrons. The van der Waals surface area contributed by atoms with Gasteiger partial charge >= 0.3 is 5.97 Å². The Morgan fingerprint density at radius 3 is 2.27 bits per heavy atom. The average molecular weight is 361 g/mol. The number of carbonyl (C=O) groups excluding carboxylic acids is 1. The van der Waals surface area contributed by atoms with Crippen molar-refractivity contribution in [2.45, 2.75) is 5.92 Å². The lowest BCUT2D eigenvalue weighted by Gasteiger charge is -2.17. The van der Waals surface area contributed by atoms with Crippen molar-refractivity contribution in [3.8, 4) is 5.75 Å². The van der Waals surface area contributed by atoms with E-state index in [-0.39, 0.29) is 18.8 Å². The van der Waals surface area contributed by atoms with Crippen LogP contribution in [0.25, 0.3) is 0 Å². The van der Waals surface area contributed by atoms with Crippen LogP contribution in [0.5, 0.6) is 5.75 Å². The summed E-state index contributed by atoms with van der Waals surface area (Å²) in [7, 11) is 1.26. The molecule has 2 aromatic rings. The van der Waals surface area contributed by atoms with Gasteiger partial charge in [-0.3, -0.25) is 9.59 Å². The van der Waals surface area contributed by atoms with E-state index in [1.165, 1.54) is 12.0 Å². The first-order chi connectivity index (χ1) is 12.4. The normalized spacial score (nSPS) is 19.4. The number of halogens is 2. The van der Waals surface area contributed by atoms with Crippen molar-refractivity contribution in [3.05, 3.63) is 65.2 Å². The number of carboxylic acid groups (broad SMARTS) is 1. The zero-order valence-corrected chi connectivity index (χ0v) is 14.0. The fourth-order valence-corrected chi connectivity index (χ4v) is 3.29. The van der Waals surface area contributed by atoms with Crippen LogP contribution in [0.15, 0.2) is 42.5 Å². The molecule has 5 nitrogen and oxygen atoms in total. The molecule has 3 rings (SSSR count). The lowest BCUT2D eigenvalue weighted by Crippen LogP contribution is -2.31. The molecule has 0 aliphatic carbocycles. The summed E-state index contributed by atoms with van der Waals surface area (Å²) < 4.78 is 33.2. The first-order valence-corrected chi connectivity index (χ1v) is 8.02. The second-order valence-electron chi connectivity index (χ2n) is 6.14. The molecule has 0 aromatic heterocycles. The highest BCUT2D eigenvalue weighted by molar-refractivity contribution is 5.95. The van der Waals surface area contributed by atoms with Crippen LogP contribution in [0.3, 0.4) is 0 Å². The smallest absolute Gasteiger partial charge is 0.308 e. The second kappa shape index (κ2) is 7.11. The van der Waals surface area contributed by atoms with Crippen LogP contribution < -0.4 is 4.74 Å². The van der Waals surface area contributed by atoms with E-state index in [2.05, 4.69) is 0 Å². The van der Waals surface area contributed by atoms with Gasteiger partial charge in [0.25, 0.3) is 5.91 Å². The van der Waals surface area contributed by atoms with E-state index in [0.717, 1.165) is 17.7 Å². The van der Waals surface area contributed by atoms with E-state index in [4.69, 9.17) is 4.74 Å². The number of methoxy groups -OCH3 is 1. The Labute approximate surface area is 148 Å². The maximum Gasteiger partial charge on any atom is 0.308 e. The monoisotopic (exact) mass is 361 g/mol. The Morgan fingerprint density at radius 2 is 1.73 bits per heavy atom. The Kier molecular flexibility index (Phi) is 4.88. The standard InChI is InChI=1S/C19H17F2NO4/c1-26-12-7-15(20)17(16(21)8-12)18(23)22-9-13(14(10-22)19(24)25)11-5-3-2-4-6-11/h2-8,13-14H,9-10H2,1H3,(H,24,25)/t13-,14+/m0/s1. The summed E-state index contributed by atoms with van der Waals surface area (Å²) in [5.74, 6) is -5.32. The van der Waals surface area contributed by atoms with E-state index >= 15 is 0 Å². The van der Waals surface area contributed by atoms with Crippen molar-refractivity contribution < 1.29 is 28.2 Å². The first kappa shape index (κ1) is 17.8. The second-order valence-corrected chi connectivity index (χ2v) is 6.14. The molecule has 1 N–H and O–H groups in total. The third kappa shape index (κ3) is 3.24. The summed E-state index contributed by atoms with van der Waals surface area (Å²) in [6.45, 7) is -0.0383. The summed E-state index contributed by atoms with van der Waals surface area (Å²) in [4.78, 5) is 25.4. The minimum absolute atomic E-state index is 0.0384. The molecule has 0 saturated carbocycles. The van der Waals surface area contributed by atoms with Gasteiger partial charge in [-0.1, -0.05) is 30.3 Å². The van der Waals surface area contributed by atoms with E-state index < -0.39 is 40.9 Å². The van der Waals surface area contributed by atoms with Gasteiger partial charge in [0, 0.05) is 31.1 Å². The third-order valence-electron chi connectivity index (χ3n) is 4.62. The van der Waals surface area contributed by atoms with Gasteiger partial charge in [0.05, 0.1) is 13.0 Å². The molecule has 0 spiro atoms. The van der Waals surface area contributed by atoms with Crippen LogP contribution in [0, 0.1) is 17.6 Å². The number of benzene rings is 2. The highest BCUT2D eigenvalue weighted by Crippen LogP contribution is 2.34. The number of rotatable bonds is 4. The van der Waals surface area contributed by atoms with Gasteiger partial charge in [-0.05, 0) is 5.56 Å². The largest absolute Gasteiger partial charge is 0.497 e. The van der Waals surface area contributed by atoms with Crippen molar-refractivity contribution in [3.63, 3.8) is 0 Å². The molecule has 1 aliphatic heterocycles. The number of nitrogens with zero attached hydrogens (tertiary/aromatic N) is 1. The maximum absolute atomic E-state index is 14.2. The number of hydrogen-bond donors (Lipinski definition) is 1. The molecule has 0 unspecified atom stereocenters. The van der Waals surface area contributed by atoms with Crippen molar-refractivity contribution in [2.24, 2.45) is 5.92 Å². The van der Waals surface area contributed by atoms with Gasteiger partial charge in [0.1, 0.15) is 22.9 Å². The van der Waals surface area contributed by atoms with Crippen molar-refractivity contribution in [1.29, 1.82) is 0 Å². The number of likely N-dealkylation sites (tertiary alicyclic amines) is 1. The average Bonchev–Trinajstić information content (AvgIpc) is 3.07. The van der Waals surface area contributed by atoms with Gasteiger partial charge in [-0.2, -0.15) is 0 Å². The van der Waals surface area contributed by atoms with Gasteiger partial charge in [-0.25, -0.2) is 8.78 Å². The minimum Gasteiger partial charge on any atom is -0.497 e. The van der Waals surface area contributed by atoms with E-state index in [9.17, 15) is 23.5 Å². The van der Waals surface area contributed by atoms with Crippen LogP contribution >= 0.6 is 0 Å². The molecule has 1 heterocycles. The number of amides is 1. The summed E-state index contributed by atoms with van der Waals surface area (Å²) in [6.07, 6.45) is 0. The zero-order valence-electron chi connectivity index (χ0n) is 14.0. The number of carbonyl (C=O) groups is 2. The summed E-state index contributed by atoms with van der Waals surface area (Å²) >= 11 is 0. The highest BCUT2D eigenvalue weighted by atomic mass is 19.1. The van der Waals surface area contributed by atoms with Crippen molar-refractivity contribution in [1.82, 2.24) is 4.90 Å². The quantitative estimate of drug-likeness (QED) is 0.909. The highest BCUT2D eigenvalue weighted by Gasteiger charge is 2.41. The zero-order chi connectivity index (χ0) is 18.8. The van der Waals surface area contributed by atoms with Gasteiger partial charge in [0.15, 0.2) is 0 Å². The van der Waals surface area contributed by atoms with Crippen LogP contribution in [0.4, 0.5) is 8.78 Å². The van der Waals surface area contributed by atoms with Crippen molar-refractivity contribution >= 4 is 11.9 Å². The summed E-state index contributed by atoms with van der Waals surface area (Å²) in [6, 6.07) is 10.8. The Hall–Kier alpha value is -2.96.